The maximum atomic E-state index is 12.2. The second-order valence-electron chi connectivity index (χ2n) is 5.16. The van der Waals surface area contributed by atoms with Crippen LogP contribution in [-0.4, -0.2) is 31.4 Å². The smallest absolute Gasteiger partial charge is 0.245 e. The number of nitriles is 1. The molecule has 1 fully saturated rings. The molecular formula is C14H22N2O3. The molecule has 1 aliphatic carbocycles. The molecule has 2 atom stereocenters. The van der Waals surface area contributed by atoms with E-state index in [4.69, 9.17) is 10.00 Å². The number of ketones is 1. The second kappa shape index (κ2) is 7.90. The van der Waals surface area contributed by atoms with Crippen molar-refractivity contribution >= 4 is 11.7 Å². The molecule has 0 radical (unpaired) electrons. The minimum absolute atomic E-state index is 0.123. The zero-order valence-electron chi connectivity index (χ0n) is 11.6. The van der Waals surface area contributed by atoms with Gasteiger partial charge in [-0.05, 0) is 19.8 Å². The molecule has 5 heteroatoms. The van der Waals surface area contributed by atoms with Crippen molar-refractivity contribution in [2.75, 3.05) is 13.7 Å². The maximum absolute atomic E-state index is 12.2. The first-order chi connectivity index (χ1) is 9.10. The van der Waals surface area contributed by atoms with Crippen molar-refractivity contribution in [3.63, 3.8) is 0 Å². The van der Waals surface area contributed by atoms with Gasteiger partial charge < -0.3 is 10.1 Å². The van der Waals surface area contributed by atoms with Crippen LogP contribution in [0.5, 0.6) is 0 Å². The minimum atomic E-state index is -1.18. The van der Waals surface area contributed by atoms with Crippen LogP contribution in [0, 0.1) is 23.2 Å². The third-order valence-corrected chi connectivity index (χ3v) is 3.49. The highest BCUT2D eigenvalue weighted by Crippen LogP contribution is 2.26. The van der Waals surface area contributed by atoms with Crippen LogP contribution in [-0.2, 0) is 14.3 Å². The third-order valence-electron chi connectivity index (χ3n) is 3.49. The van der Waals surface area contributed by atoms with E-state index >= 15 is 0 Å². The molecule has 0 aromatic rings. The van der Waals surface area contributed by atoms with Crippen LogP contribution in [0.2, 0.25) is 0 Å². The Bertz CT molecular complexity index is 356. The predicted octanol–water partition coefficient (Wildman–Crippen LogP) is 1.43. The molecular weight excluding hydrogens is 244 g/mol. The van der Waals surface area contributed by atoms with E-state index in [1.165, 1.54) is 7.11 Å². The Morgan fingerprint density at radius 1 is 1.37 bits per heavy atom. The molecule has 1 saturated carbocycles. The summed E-state index contributed by atoms with van der Waals surface area (Å²) in [5.41, 5.74) is 0. The summed E-state index contributed by atoms with van der Waals surface area (Å²) in [4.78, 5) is 24.1. The molecule has 0 saturated heterocycles. The number of hydrogen-bond donors (Lipinski definition) is 1. The van der Waals surface area contributed by atoms with Gasteiger partial charge in [0.25, 0.3) is 0 Å². The Balaban J connectivity index is 2.58. The zero-order valence-corrected chi connectivity index (χ0v) is 11.6. The van der Waals surface area contributed by atoms with Crippen LogP contribution in [0.4, 0.5) is 0 Å². The monoisotopic (exact) mass is 266 g/mol. The lowest BCUT2D eigenvalue weighted by atomic mass is 9.81. The first-order valence-electron chi connectivity index (χ1n) is 6.82. The summed E-state index contributed by atoms with van der Waals surface area (Å²) >= 11 is 0. The third kappa shape index (κ3) is 4.64. The maximum Gasteiger partial charge on any atom is 0.245 e. The largest absolute Gasteiger partial charge is 0.383 e. The molecule has 0 aliphatic heterocycles. The van der Waals surface area contributed by atoms with E-state index in [-0.39, 0.29) is 17.7 Å². The number of ether oxygens (including phenoxy) is 1. The molecule has 0 heterocycles. The van der Waals surface area contributed by atoms with E-state index in [0.717, 1.165) is 32.1 Å². The number of hydrogen-bond acceptors (Lipinski definition) is 4. The van der Waals surface area contributed by atoms with Crippen LogP contribution >= 0.6 is 0 Å². The number of nitrogens with one attached hydrogen (secondary N) is 1. The SMILES string of the molecule is COC[C@H](C)NC(=O)[C@H](C#N)C(=O)C1CCCCC1. The van der Waals surface area contributed by atoms with Crippen molar-refractivity contribution in [2.24, 2.45) is 11.8 Å². The quantitative estimate of drug-likeness (QED) is 0.737. The summed E-state index contributed by atoms with van der Waals surface area (Å²) in [5.74, 6) is -2.02. The normalized spacial score (nSPS) is 19.2. The molecule has 19 heavy (non-hydrogen) atoms. The van der Waals surface area contributed by atoms with E-state index in [2.05, 4.69) is 5.32 Å². The van der Waals surface area contributed by atoms with Gasteiger partial charge in [-0.2, -0.15) is 5.26 Å². The molecule has 5 nitrogen and oxygen atoms in total. The van der Waals surface area contributed by atoms with Gasteiger partial charge in [-0.3, -0.25) is 9.59 Å². The Kier molecular flexibility index (Phi) is 6.51. The Morgan fingerprint density at radius 2 is 2.00 bits per heavy atom. The van der Waals surface area contributed by atoms with E-state index in [9.17, 15) is 9.59 Å². The van der Waals surface area contributed by atoms with Crippen molar-refractivity contribution in [2.45, 2.75) is 45.1 Å². The van der Waals surface area contributed by atoms with Gasteiger partial charge in [0.05, 0.1) is 12.7 Å². The van der Waals surface area contributed by atoms with Gasteiger partial charge in [-0.15, -0.1) is 0 Å². The lowest BCUT2D eigenvalue weighted by Crippen LogP contribution is -2.43. The van der Waals surface area contributed by atoms with Crippen LogP contribution in [0.15, 0.2) is 0 Å². The number of methoxy groups -OCH3 is 1. The molecule has 1 aliphatic rings. The van der Waals surface area contributed by atoms with E-state index < -0.39 is 11.8 Å². The fourth-order valence-corrected chi connectivity index (χ4v) is 2.49. The first-order valence-corrected chi connectivity index (χ1v) is 6.82. The summed E-state index contributed by atoms with van der Waals surface area (Å²) in [6.07, 6.45) is 4.76. The molecule has 0 spiro atoms. The molecule has 106 valence electrons. The van der Waals surface area contributed by atoms with Crippen molar-refractivity contribution in [3.8, 4) is 6.07 Å². The number of amides is 1. The minimum Gasteiger partial charge on any atom is -0.383 e. The molecule has 1 amide bonds. The number of carbonyl (C=O) groups is 2. The van der Waals surface area contributed by atoms with E-state index in [0.29, 0.717) is 6.61 Å². The summed E-state index contributed by atoms with van der Waals surface area (Å²) in [7, 11) is 1.54. The molecule has 0 unspecified atom stereocenters. The van der Waals surface area contributed by atoms with E-state index in [1.807, 2.05) is 6.07 Å². The number of Topliss-reactive ketones (excluding diaryl/α,β-unsaturated/α-hetero) is 1. The van der Waals surface area contributed by atoms with Crippen LogP contribution in [0.3, 0.4) is 0 Å². The fraction of sp³-hybridized carbons (Fsp3) is 0.786. The molecule has 1 rings (SSSR count). The van der Waals surface area contributed by atoms with Crippen LogP contribution < -0.4 is 5.32 Å². The number of nitrogens with zero attached hydrogens (tertiary/aromatic N) is 1. The highest BCUT2D eigenvalue weighted by molar-refractivity contribution is 6.05. The Hall–Kier alpha value is -1.41. The average Bonchev–Trinajstić information content (AvgIpc) is 2.40. The summed E-state index contributed by atoms with van der Waals surface area (Å²) in [6.45, 7) is 2.14. The number of carbonyl (C=O) groups excluding carboxylic acids is 2. The molecule has 0 aromatic carbocycles. The standard InChI is InChI=1S/C14H22N2O3/c1-10(9-19-2)16-14(18)12(8-15)13(17)11-6-4-3-5-7-11/h10-12H,3-7,9H2,1-2H3,(H,16,18)/t10-,12+/m0/s1. The summed E-state index contributed by atoms with van der Waals surface area (Å²) < 4.78 is 4.91. The molecule has 0 bridgehead atoms. The van der Waals surface area contributed by atoms with Gasteiger partial charge in [0.15, 0.2) is 11.7 Å². The van der Waals surface area contributed by atoms with Crippen molar-refractivity contribution < 1.29 is 14.3 Å². The Morgan fingerprint density at radius 3 is 2.53 bits per heavy atom. The Labute approximate surface area is 114 Å². The summed E-state index contributed by atoms with van der Waals surface area (Å²) in [6, 6.07) is 1.64. The molecule has 0 aromatic heterocycles. The van der Waals surface area contributed by atoms with Gasteiger partial charge in [-0.25, -0.2) is 0 Å². The molecule has 1 N–H and O–H groups in total. The summed E-state index contributed by atoms with van der Waals surface area (Å²) in [5, 5.41) is 11.7. The highest BCUT2D eigenvalue weighted by Gasteiger charge is 2.33. The highest BCUT2D eigenvalue weighted by atomic mass is 16.5. The first kappa shape index (κ1) is 15.6. The van der Waals surface area contributed by atoms with Gasteiger partial charge in [0.2, 0.25) is 5.91 Å². The van der Waals surface area contributed by atoms with Crippen molar-refractivity contribution in [1.29, 1.82) is 5.26 Å². The predicted molar refractivity (Wildman–Crippen MR) is 70.2 cm³/mol. The average molecular weight is 266 g/mol. The van der Waals surface area contributed by atoms with Gasteiger partial charge >= 0.3 is 0 Å². The topological polar surface area (TPSA) is 79.2 Å². The van der Waals surface area contributed by atoms with Gasteiger partial charge in [0, 0.05) is 19.1 Å². The van der Waals surface area contributed by atoms with E-state index in [1.54, 1.807) is 6.92 Å². The van der Waals surface area contributed by atoms with Crippen LogP contribution in [0.1, 0.15) is 39.0 Å². The van der Waals surface area contributed by atoms with Crippen molar-refractivity contribution in [1.82, 2.24) is 5.32 Å². The van der Waals surface area contributed by atoms with Gasteiger partial charge in [-0.1, -0.05) is 19.3 Å². The van der Waals surface area contributed by atoms with Crippen molar-refractivity contribution in [3.05, 3.63) is 0 Å². The number of rotatable bonds is 6. The fourth-order valence-electron chi connectivity index (χ4n) is 2.49. The van der Waals surface area contributed by atoms with Crippen LogP contribution in [0.25, 0.3) is 0 Å². The lowest BCUT2D eigenvalue weighted by Gasteiger charge is -2.22. The second-order valence-corrected chi connectivity index (χ2v) is 5.16. The lowest BCUT2D eigenvalue weighted by molar-refractivity contribution is -0.135. The van der Waals surface area contributed by atoms with Gasteiger partial charge in [0.1, 0.15) is 0 Å². The zero-order chi connectivity index (χ0) is 14.3.